The predicted octanol–water partition coefficient (Wildman–Crippen LogP) is 11.0. The summed E-state index contributed by atoms with van der Waals surface area (Å²) in [4.78, 5) is 2.41. The van der Waals surface area contributed by atoms with E-state index in [4.69, 9.17) is 0 Å². The quantitative estimate of drug-likeness (QED) is 0.230. The van der Waals surface area contributed by atoms with Crippen LogP contribution in [0.3, 0.4) is 0 Å². The highest BCUT2D eigenvalue weighted by molar-refractivity contribution is 7.26. The third kappa shape index (κ3) is 3.28. The lowest BCUT2D eigenvalue weighted by Gasteiger charge is -2.27. The number of fused-ring (bicyclic) bond motifs is 7. The largest absolute Gasteiger partial charge is 0.310 e. The molecule has 8 rings (SSSR count). The van der Waals surface area contributed by atoms with E-state index in [1.807, 2.05) is 22.7 Å². The van der Waals surface area contributed by atoms with Crippen LogP contribution >= 0.6 is 22.7 Å². The Hall–Kier alpha value is -4.18. The van der Waals surface area contributed by atoms with Crippen LogP contribution in [-0.4, -0.2) is 0 Å². The summed E-state index contributed by atoms with van der Waals surface area (Å²) >= 11 is 3.74. The number of nitrogens with zero attached hydrogens (tertiary/aromatic N) is 1. The Bertz CT molecular complexity index is 2100. The second kappa shape index (κ2) is 8.17. The highest BCUT2D eigenvalue weighted by Gasteiger charge is 2.18. The zero-order chi connectivity index (χ0) is 24.3. The van der Waals surface area contributed by atoms with Gasteiger partial charge in [-0.05, 0) is 66.0 Å². The molecule has 0 saturated carbocycles. The van der Waals surface area contributed by atoms with Crippen molar-refractivity contribution in [3.63, 3.8) is 0 Å². The third-order valence-corrected chi connectivity index (χ3v) is 9.51. The lowest BCUT2D eigenvalue weighted by Crippen LogP contribution is -2.10. The summed E-state index contributed by atoms with van der Waals surface area (Å²) in [7, 11) is 0. The van der Waals surface area contributed by atoms with Crippen LogP contribution in [-0.2, 0) is 0 Å². The number of anilines is 3. The van der Waals surface area contributed by atoms with Gasteiger partial charge in [-0.2, -0.15) is 0 Å². The fourth-order valence-corrected chi connectivity index (χ4v) is 7.75. The molecule has 37 heavy (non-hydrogen) atoms. The summed E-state index contributed by atoms with van der Waals surface area (Å²) in [5.41, 5.74) is 3.53. The van der Waals surface area contributed by atoms with Gasteiger partial charge in [0.05, 0.1) is 5.69 Å². The number of hydrogen-bond acceptors (Lipinski definition) is 3. The smallest absolute Gasteiger partial charge is 0.0540 e. The maximum absolute atomic E-state index is 2.41. The minimum absolute atomic E-state index is 1.16. The van der Waals surface area contributed by atoms with Gasteiger partial charge >= 0.3 is 0 Å². The molecule has 0 spiro atoms. The van der Waals surface area contributed by atoms with Gasteiger partial charge in [-0.15, -0.1) is 22.7 Å². The molecule has 1 nitrogen and oxygen atoms in total. The van der Waals surface area contributed by atoms with Gasteiger partial charge in [0.1, 0.15) is 0 Å². The van der Waals surface area contributed by atoms with Crippen molar-refractivity contribution < 1.29 is 0 Å². The van der Waals surface area contributed by atoms with Crippen LogP contribution in [0.15, 0.2) is 127 Å². The van der Waals surface area contributed by atoms with Crippen LogP contribution in [0.4, 0.5) is 17.1 Å². The van der Waals surface area contributed by atoms with Crippen molar-refractivity contribution in [2.24, 2.45) is 0 Å². The molecule has 0 saturated heterocycles. The molecular weight excluding hydrogens is 487 g/mol. The average Bonchev–Trinajstić information content (AvgIpc) is 3.50. The predicted molar refractivity (Wildman–Crippen MR) is 164 cm³/mol. The molecule has 0 unspecified atom stereocenters. The van der Waals surface area contributed by atoms with Crippen molar-refractivity contribution in [2.45, 2.75) is 0 Å². The summed E-state index contributed by atoms with van der Waals surface area (Å²) in [5.74, 6) is 0. The Kier molecular flexibility index (Phi) is 4.63. The Morgan fingerprint density at radius 1 is 0.378 bits per heavy atom. The Labute approximate surface area is 222 Å². The first kappa shape index (κ1) is 21.0. The van der Waals surface area contributed by atoms with E-state index >= 15 is 0 Å². The molecule has 0 N–H and O–H groups in total. The molecule has 0 aliphatic rings. The molecule has 8 aromatic rings. The summed E-state index contributed by atoms with van der Waals surface area (Å²) < 4.78 is 5.32. The monoisotopic (exact) mass is 507 g/mol. The topological polar surface area (TPSA) is 3.24 Å². The third-order valence-electron chi connectivity index (χ3n) is 7.23. The Morgan fingerprint density at radius 3 is 1.81 bits per heavy atom. The molecule has 2 heterocycles. The standard InChI is InChI=1S/C34H21NS2/c1-2-10-23(11-3-1)35(24-17-18-33-29(20-24)26-13-5-6-15-31(26)36-33)30-14-8-9-22-19-28-25-12-4-7-16-32(25)37-34(28)21-27(22)30/h1-21H. The minimum atomic E-state index is 1.16. The average molecular weight is 508 g/mol. The van der Waals surface area contributed by atoms with Crippen LogP contribution in [0.1, 0.15) is 0 Å². The summed E-state index contributed by atoms with van der Waals surface area (Å²) in [6.07, 6.45) is 0. The fourth-order valence-electron chi connectivity index (χ4n) is 5.53. The van der Waals surface area contributed by atoms with Crippen molar-refractivity contribution in [3.05, 3.63) is 127 Å². The zero-order valence-electron chi connectivity index (χ0n) is 19.9. The summed E-state index contributed by atoms with van der Waals surface area (Å²) in [6.45, 7) is 0. The van der Waals surface area contributed by atoms with Crippen molar-refractivity contribution in [2.75, 3.05) is 4.90 Å². The van der Waals surface area contributed by atoms with Crippen molar-refractivity contribution in [1.82, 2.24) is 0 Å². The summed E-state index contributed by atoms with van der Waals surface area (Å²) in [5, 5.41) is 7.83. The van der Waals surface area contributed by atoms with E-state index in [2.05, 4.69) is 132 Å². The Balaban J connectivity index is 1.41. The second-order valence-electron chi connectivity index (χ2n) is 9.39. The highest BCUT2D eigenvalue weighted by atomic mass is 32.1. The maximum Gasteiger partial charge on any atom is 0.0540 e. The van der Waals surface area contributed by atoms with E-state index in [9.17, 15) is 0 Å². The first-order valence-electron chi connectivity index (χ1n) is 12.4. The van der Waals surface area contributed by atoms with Gasteiger partial charge in [-0.25, -0.2) is 0 Å². The molecule has 2 aromatic heterocycles. The molecule has 0 amide bonds. The minimum Gasteiger partial charge on any atom is -0.310 e. The van der Waals surface area contributed by atoms with E-state index < -0.39 is 0 Å². The molecular formula is C34H21NS2. The highest BCUT2D eigenvalue weighted by Crippen LogP contribution is 2.44. The van der Waals surface area contributed by atoms with Gasteiger partial charge in [-0.3, -0.25) is 0 Å². The number of rotatable bonds is 3. The fraction of sp³-hybridized carbons (Fsp3) is 0. The molecule has 3 heteroatoms. The number of para-hydroxylation sites is 1. The van der Waals surface area contributed by atoms with Gasteiger partial charge in [0, 0.05) is 57.1 Å². The van der Waals surface area contributed by atoms with E-state index in [0.29, 0.717) is 0 Å². The van der Waals surface area contributed by atoms with Crippen molar-refractivity contribution in [1.29, 1.82) is 0 Å². The molecule has 0 radical (unpaired) electrons. The van der Waals surface area contributed by atoms with Crippen molar-refractivity contribution >= 4 is 90.9 Å². The Morgan fingerprint density at radius 2 is 1.03 bits per heavy atom. The van der Waals surface area contributed by atoms with E-state index in [1.54, 1.807) is 0 Å². The normalized spacial score (nSPS) is 11.8. The summed E-state index contributed by atoms with van der Waals surface area (Å²) in [6, 6.07) is 46.5. The molecule has 0 aliphatic heterocycles. The van der Waals surface area contributed by atoms with Gasteiger partial charge in [0.25, 0.3) is 0 Å². The number of thiophene rings is 2. The molecule has 0 aliphatic carbocycles. The van der Waals surface area contributed by atoms with Gasteiger partial charge in [0.15, 0.2) is 0 Å². The molecule has 0 atom stereocenters. The second-order valence-corrected chi connectivity index (χ2v) is 11.6. The van der Waals surface area contributed by atoms with Crippen LogP contribution < -0.4 is 4.90 Å². The first-order chi connectivity index (χ1) is 18.3. The maximum atomic E-state index is 2.41. The van der Waals surface area contributed by atoms with Crippen molar-refractivity contribution in [3.8, 4) is 0 Å². The van der Waals surface area contributed by atoms with Crippen LogP contribution in [0.5, 0.6) is 0 Å². The van der Waals surface area contributed by atoms with E-state index in [-0.39, 0.29) is 0 Å². The van der Waals surface area contributed by atoms with Gasteiger partial charge < -0.3 is 4.90 Å². The van der Waals surface area contributed by atoms with Crippen LogP contribution in [0.25, 0.3) is 51.1 Å². The molecule has 0 bridgehead atoms. The number of hydrogen-bond donors (Lipinski definition) is 0. The molecule has 0 fully saturated rings. The van der Waals surface area contributed by atoms with E-state index in [0.717, 1.165) is 5.69 Å². The lowest BCUT2D eigenvalue weighted by atomic mass is 10.0. The van der Waals surface area contributed by atoms with Crippen LogP contribution in [0, 0.1) is 0 Å². The van der Waals surface area contributed by atoms with E-state index in [1.165, 1.54) is 62.5 Å². The lowest BCUT2D eigenvalue weighted by molar-refractivity contribution is 1.31. The first-order valence-corrected chi connectivity index (χ1v) is 14.1. The number of benzene rings is 6. The molecule has 6 aromatic carbocycles. The SMILES string of the molecule is c1ccc(N(c2ccc3sc4ccccc4c3c2)c2cccc3cc4c(cc23)sc2ccccc24)cc1. The van der Waals surface area contributed by atoms with Gasteiger partial charge in [0.2, 0.25) is 0 Å². The zero-order valence-corrected chi connectivity index (χ0v) is 21.5. The van der Waals surface area contributed by atoms with Gasteiger partial charge in [-0.1, -0.05) is 66.7 Å². The molecule has 174 valence electrons. The van der Waals surface area contributed by atoms with Crippen LogP contribution in [0.2, 0.25) is 0 Å².